The standard InChI is InChI=1S/C26H31NO4/c1-16(2)17-11-12-24(18(13-17)14-25(28)29)27-26(30)31-15-23-21-9-5-3-7-19(21)20-8-4-6-10-22(20)23/h3-10,16-18,23-24H,11-15H2,1-2H3,(H,27,30)(H,28,29). The zero-order valence-corrected chi connectivity index (χ0v) is 18.2. The molecule has 0 saturated heterocycles. The molecule has 2 aliphatic carbocycles. The third-order valence-electron chi connectivity index (χ3n) is 7.05. The molecule has 0 heterocycles. The van der Waals surface area contributed by atoms with Crippen LogP contribution < -0.4 is 5.32 Å². The fraction of sp³-hybridized carbons (Fsp3) is 0.462. The molecule has 3 atom stereocenters. The number of aliphatic carboxylic acids is 1. The fourth-order valence-corrected chi connectivity index (χ4v) is 5.34. The van der Waals surface area contributed by atoms with Gasteiger partial charge in [0.1, 0.15) is 6.61 Å². The Labute approximate surface area is 183 Å². The monoisotopic (exact) mass is 421 g/mol. The number of benzene rings is 2. The van der Waals surface area contributed by atoms with Gasteiger partial charge in [0, 0.05) is 12.0 Å². The van der Waals surface area contributed by atoms with E-state index in [2.05, 4.69) is 43.4 Å². The summed E-state index contributed by atoms with van der Waals surface area (Å²) in [6, 6.07) is 16.3. The second-order valence-electron chi connectivity index (χ2n) is 9.25. The van der Waals surface area contributed by atoms with E-state index in [9.17, 15) is 14.7 Å². The molecule has 0 aliphatic heterocycles. The number of ether oxygens (including phenoxy) is 1. The van der Waals surface area contributed by atoms with Crippen LogP contribution in [0.25, 0.3) is 11.1 Å². The number of alkyl carbamates (subject to hydrolysis) is 1. The first-order valence-electron chi connectivity index (χ1n) is 11.3. The van der Waals surface area contributed by atoms with Gasteiger partial charge in [0.25, 0.3) is 0 Å². The number of hydrogen-bond acceptors (Lipinski definition) is 3. The van der Waals surface area contributed by atoms with Crippen molar-refractivity contribution in [2.24, 2.45) is 17.8 Å². The summed E-state index contributed by atoms with van der Waals surface area (Å²) in [5.74, 6) is 0.175. The Hall–Kier alpha value is -2.82. The molecule has 3 unspecified atom stereocenters. The van der Waals surface area contributed by atoms with Gasteiger partial charge in [0.2, 0.25) is 0 Å². The SMILES string of the molecule is CC(C)C1CCC(NC(=O)OCC2c3ccccc3-c3ccccc32)C(CC(=O)O)C1. The van der Waals surface area contributed by atoms with Crippen molar-refractivity contribution < 1.29 is 19.4 Å². The van der Waals surface area contributed by atoms with Crippen LogP contribution in [0.15, 0.2) is 48.5 Å². The van der Waals surface area contributed by atoms with E-state index in [1.165, 1.54) is 22.3 Å². The Bertz CT molecular complexity index is 908. The zero-order chi connectivity index (χ0) is 22.0. The minimum absolute atomic E-state index is 0.0182. The van der Waals surface area contributed by atoms with Gasteiger partial charge in [0.05, 0.1) is 6.42 Å². The predicted molar refractivity (Wildman–Crippen MR) is 120 cm³/mol. The fourth-order valence-electron chi connectivity index (χ4n) is 5.34. The van der Waals surface area contributed by atoms with Crippen molar-refractivity contribution in [3.05, 3.63) is 59.7 Å². The van der Waals surface area contributed by atoms with Crippen LogP contribution in [0.2, 0.25) is 0 Å². The molecule has 1 amide bonds. The number of carbonyl (C=O) groups is 2. The summed E-state index contributed by atoms with van der Waals surface area (Å²) in [6.07, 6.45) is 2.26. The molecule has 2 N–H and O–H groups in total. The normalized spacial score (nSPS) is 22.6. The van der Waals surface area contributed by atoms with Crippen molar-refractivity contribution in [3.63, 3.8) is 0 Å². The molecule has 0 spiro atoms. The molecule has 0 radical (unpaired) electrons. The molecule has 4 rings (SSSR count). The first-order valence-corrected chi connectivity index (χ1v) is 11.3. The van der Waals surface area contributed by atoms with Gasteiger partial charge < -0.3 is 15.2 Å². The molecule has 0 aromatic heterocycles. The summed E-state index contributed by atoms with van der Waals surface area (Å²) in [6.45, 7) is 4.63. The minimum Gasteiger partial charge on any atom is -0.481 e. The maximum atomic E-state index is 12.7. The van der Waals surface area contributed by atoms with Crippen molar-refractivity contribution in [1.82, 2.24) is 5.32 Å². The Morgan fingerprint density at radius 3 is 2.23 bits per heavy atom. The summed E-state index contributed by atoms with van der Waals surface area (Å²) < 4.78 is 5.67. The summed E-state index contributed by atoms with van der Waals surface area (Å²) in [5, 5.41) is 12.3. The highest BCUT2D eigenvalue weighted by atomic mass is 16.5. The summed E-state index contributed by atoms with van der Waals surface area (Å²) in [4.78, 5) is 24.0. The third-order valence-corrected chi connectivity index (χ3v) is 7.05. The maximum Gasteiger partial charge on any atom is 0.407 e. The molecule has 5 nitrogen and oxygen atoms in total. The second kappa shape index (κ2) is 9.13. The lowest BCUT2D eigenvalue weighted by atomic mass is 9.72. The molecule has 2 aromatic rings. The van der Waals surface area contributed by atoms with Crippen LogP contribution in [-0.4, -0.2) is 29.8 Å². The Morgan fingerprint density at radius 2 is 1.65 bits per heavy atom. The highest BCUT2D eigenvalue weighted by Crippen LogP contribution is 2.44. The summed E-state index contributed by atoms with van der Waals surface area (Å²) >= 11 is 0. The summed E-state index contributed by atoms with van der Waals surface area (Å²) in [7, 11) is 0. The number of fused-ring (bicyclic) bond motifs is 3. The van der Waals surface area contributed by atoms with Crippen LogP contribution in [0.5, 0.6) is 0 Å². The number of hydrogen-bond donors (Lipinski definition) is 2. The van der Waals surface area contributed by atoms with Gasteiger partial charge in [0.15, 0.2) is 0 Å². The van der Waals surface area contributed by atoms with E-state index in [0.29, 0.717) is 11.8 Å². The molecule has 164 valence electrons. The molecule has 5 heteroatoms. The number of amides is 1. The molecule has 2 aromatic carbocycles. The van der Waals surface area contributed by atoms with Gasteiger partial charge in [-0.2, -0.15) is 0 Å². The van der Waals surface area contributed by atoms with E-state index in [0.717, 1.165) is 19.3 Å². The Morgan fingerprint density at radius 1 is 1.03 bits per heavy atom. The van der Waals surface area contributed by atoms with Gasteiger partial charge in [-0.05, 0) is 59.3 Å². The zero-order valence-electron chi connectivity index (χ0n) is 18.2. The van der Waals surface area contributed by atoms with E-state index in [4.69, 9.17) is 4.74 Å². The number of carboxylic acid groups (broad SMARTS) is 1. The van der Waals surface area contributed by atoms with Crippen LogP contribution in [0.3, 0.4) is 0 Å². The van der Waals surface area contributed by atoms with Gasteiger partial charge in [-0.25, -0.2) is 4.79 Å². The van der Waals surface area contributed by atoms with E-state index < -0.39 is 12.1 Å². The second-order valence-corrected chi connectivity index (χ2v) is 9.25. The lowest BCUT2D eigenvalue weighted by Gasteiger charge is -2.37. The number of carboxylic acids is 1. The predicted octanol–water partition coefficient (Wildman–Crippen LogP) is 5.44. The van der Waals surface area contributed by atoms with E-state index in [1.54, 1.807) is 0 Å². The van der Waals surface area contributed by atoms with Crippen LogP contribution >= 0.6 is 0 Å². The molecule has 31 heavy (non-hydrogen) atoms. The molecule has 1 saturated carbocycles. The quantitative estimate of drug-likeness (QED) is 0.651. The lowest BCUT2D eigenvalue weighted by molar-refractivity contribution is -0.138. The van der Waals surface area contributed by atoms with Crippen molar-refractivity contribution >= 4 is 12.1 Å². The van der Waals surface area contributed by atoms with E-state index in [-0.39, 0.29) is 30.9 Å². The van der Waals surface area contributed by atoms with Crippen LogP contribution in [0.1, 0.15) is 56.6 Å². The van der Waals surface area contributed by atoms with Crippen molar-refractivity contribution in [2.75, 3.05) is 6.61 Å². The largest absolute Gasteiger partial charge is 0.481 e. The van der Waals surface area contributed by atoms with E-state index >= 15 is 0 Å². The first-order chi connectivity index (χ1) is 14.9. The minimum atomic E-state index is -0.811. The Kier molecular flexibility index (Phi) is 6.30. The first kappa shape index (κ1) is 21.4. The highest BCUT2D eigenvalue weighted by molar-refractivity contribution is 5.79. The van der Waals surface area contributed by atoms with Gasteiger partial charge in [-0.3, -0.25) is 4.79 Å². The smallest absolute Gasteiger partial charge is 0.407 e. The van der Waals surface area contributed by atoms with Gasteiger partial charge in [-0.15, -0.1) is 0 Å². The third kappa shape index (κ3) is 4.60. The average Bonchev–Trinajstić information content (AvgIpc) is 3.07. The van der Waals surface area contributed by atoms with Gasteiger partial charge in [-0.1, -0.05) is 62.4 Å². The van der Waals surface area contributed by atoms with Crippen LogP contribution in [0.4, 0.5) is 4.79 Å². The molecule has 0 bridgehead atoms. The van der Waals surface area contributed by atoms with Gasteiger partial charge >= 0.3 is 12.1 Å². The molecule has 2 aliphatic rings. The van der Waals surface area contributed by atoms with E-state index in [1.807, 2.05) is 24.3 Å². The highest BCUT2D eigenvalue weighted by Gasteiger charge is 2.35. The van der Waals surface area contributed by atoms with Crippen LogP contribution in [-0.2, 0) is 9.53 Å². The average molecular weight is 422 g/mol. The Balaban J connectivity index is 1.41. The van der Waals surface area contributed by atoms with Crippen molar-refractivity contribution in [3.8, 4) is 11.1 Å². The van der Waals surface area contributed by atoms with Crippen molar-refractivity contribution in [2.45, 2.75) is 51.5 Å². The van der Waals surface area contributed by atoms with Crippen molar-refractivity contribution in [1.29, 1.82) is 0 Å². The molecule has 1 fully saturated rings. The number of nitrogens with one attached hydrogen (secondary N) is 1. The van der Waals surface area contributed by atoms with Crippen LogP contribution in [0, 0.1) is 17.8 Å². The maximum absolute atomic E-state index is 12.7. The summed E-state index contributed by atoms with van der Waals surface area (Å²) in [5.41, 5.74) is 4.75. The molecular weight excluding hydrogens is 390 g/mol. The molecular formula is C26H31NO4. The number of carbonyl (C=O) groups excluding carboxylic acids is 1. The topological polar surface area (TPSA) is 75.6 Å². The lowest BCUT2D eigenvalue weighted by Crippen LogP contribution is -2.45. The number of rotatable bonds is 6.